The molecule has 0 unspecified atom stereocenters. The first-order valence-electron chi connectivity index (χ1n) is 8.60. The van der Waals surface area contributed by atoms with Crippen LogP contribution in [0.15, 0.2) is 65.5 Å². The fraction of sp³-hybridized carbons (Fsp3) is 0.190. The van der Waals surface area contributed by atoms with Crippen molar-refractivity contribution in [2.75, 3.05) is 7.11 Å². The first kappa shape index (κ1) is 18.4. The van der Waals surface area contributed by atoms with Crippen LogP contribution in [-0.2, 0) is 17.9 Å². The van der Waals surface area contributed by atoms with Crippen LogP contribution >= 0.6 is 0 Å². The van der Waals surface area contributed by atoms with Gasteiger partial charge in [0.2, 0.25) is 5.91 Å². The number of hydrogen-bond acceptors (Lipinski definition) is 4. The van der Waals surface area contributed by atoms with E-state index in [-0.39, 0.29) is 18.0 Å². The van der Waals surface area contributed by atoms with Gasteiger partial charge in [0.1, 0.15) is 12.3 Å². The summed E-state index contributed by atoms with van der Waals surface area (Å²) in [7, 11) is 1.60. The Morgan fingerprint density at radius 1 is 1.11 bits per heavy atom. The minimum Gasteiger partial charge on any atom is -0.497 e. The molecule has 0 aliphatic heterocycles. The van der Waals surface area contributed by atoms with Crippen LogP contribution in [0.5, 0.6) is 5.75 Å². The third-order valence-electron chi connectivity index (χ3n) is 4.12. The van der Waals surface area contributed by atoms with Crippen LogP contribution in [-0.4, -0.2) is 22.8 Å². The molecule has 1 amide bonds. The number of nitrogens with zero attached hydrogens (tertiary/aromatic N) is 2. The smallest absolute Gasteiger partial charge is 0.267 e. The van der Waals surface area contributed by atoms with Crippen LogP contribution in [0.2, 0.25) is 0 Å². The number of nitrogens with one attached hydrogen (secondary N) is 1. The Morgan fingerprint density at radius 2 is 1.89 bits per heavy atom. The molecule has 1 N–H and O–H groups in total. The molecule has 138 valence electrons. The van der Waals surface area contributed by atoms with E-state index in [9.17, 15) is 9.59 Å². The normalized spacial score (nSPS) is 10.4. The van der Waals surface area contributed by atoms with E-state index in [1.165, 1.54) is 10.7 Å². The second kappa shape index (κ2) is 8.31. The third-order valence-corrected chi connectivity index (χ3v) is 4.12. The predicted octanol–water partition coefficient (Wildman–Crippen LogP) is 2.54. The lowest BCUT2D eigenvalue weighted by Crippen LogP contribution is -2.33. The average Bonchev–Trinajstić information content (AvgIpc) is 2.68. The number of aromatic nitrogens is 2. The average molecular weight is 363 g/mol. The van der Waals surface area contributed by atoms with Crippen molar-refractivity contribution in [3.05, 3.63) is 82.1 Å². The Balaban J connectivity index is 1.70. The van der Waals surface area contributed by atoms with Gasteiger partial charge in [-0.3, -0.25) is 9.59 Å². The van der Waals surface area contributed by atoms with Gasteiger partial charge in [-0.15, -0.1) is 0 Å². The van der Waals surface area contributed by atoms with E-state index in [4.69, 9.17) is 4.74 Å². The maximum atomic E-state index is 12.2. The van der Waals surface area contributed by atoms with Crippen molar-refractivity contribution in [2.24, 2.45) is 0 Å². The van der Waals surface area contributed by atoms with Crippen LogP contribution in [0, 0.1) is 6.92 Å². The SMILES string of the molecule is COc1ccc(-c2ccc(=O)n(CC(=O)NCc3cccc(C)c3)n2)cc1. The highest BCUT2D eigenvalue weighted by molar-refractivity contribution is 5.75. The van der Waals surface area contributed by atoms with Crippen molar-refractivity contribution in [1.29, 1.82) is 0 Å². The molecule has 3 rings (SSSR count). The highest BCUT2D eigenvalue weighted by Crippen LogP contribution is 2.19. The Bertz CT molecular complexity index is 994. The number of ether oxygens (including phenoxy) is 1. The van der Waals surface area contributed by atoms with Gasteiger partial charge >= 0.3 is 0 Å². The maximum absolute atomic E-state index is 12.2. The number of carbonyl (C=O) groups excluding carboxylic acids is 1. The summed E-state index contributed by atoms with van der Waals surface area (Å²) in [6.45, 7) is 2.28. The van der Waals surface area contributed by atoms with Crippen molar-refractivity contribution >= 4 is 5.91 Å². The van der Waals surface area contributed by atoms with E-state index in [1.807, 2.05) is 55.5 Å². The molecule has 0 fully saturated rings. The molecule has 0 aliphatic rings. The largest absolute Gasteiger partial charge is 0.497 e. The zero-order valence-electron chi connectivity index (χ0n) is 15.3. The third kappa shape index (κ3) is 4.82. The molecule has 0 radical (unpaired) electrons. The lowest BCUT2D eigenvalue weighted by atomic mass is 10.1. The van der Waals surface area contributed by atoms with Crippen LogP contribution in [0.4, 0.5) is 0 Å². The molecular weight excluding hydrogens is 342 g/mol. The Labute approximate surface area is 157 Å². The molecule has 27 heavy (non-hydrogen) atoms. The lowest BCUT2D eigenvalue weighted by Gasteiger charge is -2.09. The van der Waals surface area contributed by atoms with Gasteiger partial charge in [-0.25, -0.2) is 4.68 Å². The fourth-order valence-corrected chi connectivity index (χ4v) is 2.69. The predicted molar refractivity (Wildman–Crippen MR) is 104 cm³/mol. The topological polar surface area (TPSA) is 73.2 Å². The summed E-state index contributed by atoms with van der Waals surface area (Å²) in [5.41, 5.74) is 3.27. The van der Waals surface area contributed by atoms with E-state index in [0.29, 0.717) is 12.2 Å². The first-order valence-corrected chi connectivity index (χ1v) is 8.60. The van der Waals surface area contributed by atoms with E-state index in [0.717, 1.165) is 22.4 Å². The molecular formula is C21H21N3O3. The van der Waals surface area contributed by atoms with Crippen LogP contribution < -0.4 is 15.6 Å². The van der Waals surface area contributed by atoms with Gasteiger partial charge in [0.05, 0.1) is 12.8 Å². The van der Waals surface area contributed by atoms with E-state index in [2.05, 4.69) is 10.4 Å². The Morgan fingerprint density at radius 3 is 2.59 bits per heavy atom. The number of aryl methyl sites for hydroxylation is 1. The monoisotopic (exact) mass is 363 g/mol. The molecule has 1 heterocycles. The summed E-state index contributed by atoms with van der Waals surface area (Å²) < 4.78 is 6.31. The van der Waals surface area contributed by atoms with E-state index in [1.54, 1.807) is 13.2 Å². The molecule has 0 saturated carbocycles. The minimum absolute atomic E-state index is 0.130. The quantitative estimate of drug-likeness (QED) is 0.730. The van der Waals surface area contributed by atoms with Crippen LogP contribution in [0.1, 0.15) is 11.1 Å². The summed E-state index contributed by atoms with van der Waals surface area (Å²) in [6, 6.07) is 18.3. The number of methoxy groups -OCH3 is 1. The van der Waals surface area contributed by atoms with Crippen molar-refractivity contribution in [2.45, 2.75) is 20.0 Å². The minimum atomic E-state index is -0.321. The second-order valence-corrected chi connectivity index (χ2v) is 6.21. The number of amides is 1. The Hall–Kier alpha value is -3.41. The van der Waals surface area contributed by atoms with E-state index < -0.39 is 0 Å². The van der Waals surface area contributed by atoms with Gasteiger partial charge in [0.15, 0.2) is 0 Å². The van der Waals surface area contributed by atoms with Crippen LogP contribution in [0.25, 0.3) is 11.3 Å². The van der Waals surface area contributed by atoms with Crippen molar-refractivity contribution in [1.82, 2.24) is 15.1 Å². The summed E-state index contributed by atoms with van der Waals surface area (Å²) in [5.74, 6) is 0.473. The molecule has 0 aliphatic carbocycles. The standard InChI is InChI=1S/C21H21N3O3/c1-15-4-3-5-16(12-15)13-22-20(25)14-24-21(26)11-10-19(23-24)17-6-8-18(27-2)9-7-17/h3-12H,13-14H2,1-2H3,(H,22,25). The van der Waals surface area contributed by atoms with Crippen molar-refractivity contribution in [3.63, 3.8) is 0 Å². The molecule has 6 nitrogen and oxygen atoms in total. The lowest BCUT2D eigenvalue weighted by molar-refractivity contribution is -0.122. The molecule has 1 aromatic heterocycles. The zero-order chi connectivity index (χ0) is 19.2. The highest BCUT2D eigenvalue weighted by atomic mass is 16.5. The van der Waals surface area contributed by atoms with Gasteiger partial charge in [0, 0.05) is 18.2 Å². The zero-order valence-corrected chi connectivity index (χ0v) is 15.3. The van der Waals surface area contributed by atoms with Gasteiger partial charge in [0.25, 0.3) is 5.56 Å². The van der Waals surface area contributed by atoms with Crippen molar-refractivity contribution in [3.8, 4) is 17.0 Å². The van der Waals surface area contributed by atoms with Gasteiger partial charge in [-0.1, -0.05) is 29.8 Å². The Kier molecular flexibility index (Phi) is 5.66. The molecule has 6 heteroatoms. The molecule has 2 aromatic carbocycles. The summed E-state index contributed by atoms with van der Waals surface area (Å²) >= 11 is 0. The van der Waals surface area contributed by atoms with Crippen molar-refractivity contribution < 1.29 is 9.53 Å². The van der Waals surface area contributed by atoms with E-state index >= 15 is 0 Å². The fourth-order valence-electron chi connectivity index (χ4n) is 2.69. The molecule has 3 aromatic rings. The summed E-state index contributed by atoms with van der Waals surface area (Å²) in [6.07, 6.45) is 0. The second-order valence-electron chi connectivity index (χ2n) is 6.21. The maximum Gasteiger partial charge on any atom is 0.267 e. The number of hydrogen-bond donors (Lipinski definition) is 1. The summed E-state index contributed by atoms with van der Waals surface area (Å²) in [5, 5.41) is 7.13. The molecule has 0 spiro atoms. The highest BCUT2D eigenvalue weighted by Gasteiger charge is 2.08. The van der Waals surface area contributed by atoms with Gasteiger partial charge in [-0.2, -0.15) is 5.10 Å². The number of carbonyl (C=O) groups is 1. The van der Waals surface area contributed by atoms with Gasteiger partial charge in [-0.05, 0) is 42.8 Å². The van der Waals surface area contributed by atoms with Gasteiger partial charge < -0.3 is 10.1 Å². The van der Waals surface area contributed by atoms with Crippen LogP contribution in [0.3, 0.4) is 0 Å². The molecule has 0 atom stereocenters. The first-order chi connectivity index (χ1) is 13.0. The number of benzene rings is 2. The molecule has 0 bridgehead atoms. The number of rotatable bonds is 6. The molecule has 0 saturated heterocycles. The summed E-state index contributed by atoms with van der Waals surface area (Å²) in [4.78, 5) is 24.3.